The summed E-state index contributed by atoms with van der Waals surface area (Å²) in [4.78, 5) is 25.3. The number of piperidine rings is 1. The molecule has 1 N–H and O–H groups in total. The van der Waals surface area contributed by atoms with Crippen LogP contribution in [0.2, 0.25) is 0 Å². The molecule has 0 aliphatic carbocycles. The molecule has 27 heavy (non-hydrogen) atoms. The highest BCUT2D eigenvalue weighted by Gasteiger charge is 2.32. The molecule has 4 heterocycles. The van der Waals surface area contributed by atoms with E-state index in [1.165, 1.54) is 12.0 Å². The molecule has 0 spiro atoms. The molecule has 6 nitrogen and oxygen atoms in total. The van der Waals surface area contributed by atoms with Crippen molar-refractivity contribution in [3.63, 3.8) is 0 Å². The van der Waals surface area contributed by atoms with Crippen molar-refractivity contribution in [2.24, 2.45) is 5.92 Å². The quantitative estimate of drug-likeness (QED) is 0.898. The summed E-state index contributed by atoms with van der Waals surface area (Å²) in [6, 6.07) is 7.65. The Balaban J connectivity index is 1.45. The second-order valence-corrected chi connectivity index (χ2v) is 7.55. The standard InChI is InChI=1S/C21H26N4O2/c26-19-15-25(14-18(19)12-16-4-7-22-8-5-16)20-13-17(6-9-23-20)21(27)24-10-2-1-3-11-24/h4-9,13,18-19,26H,1-3,10-12,14-15H2/t18-,19+/m1/s1. The molecular formula is C21H26N4O2. The Labute approximate surface area is 159 Å². The van der Waals surface area contributed by atoms with Crippen LogP contribution < -0.4 is 4.90 Å². The molecular weight excluding hydrogens is 340 g/mol. The minimum absolute atomic E-state index is 0.0893. The third-order valence-corrected chi connectivity index (χ3v) is 5.61. The van der Waals surface area contributed by atoms with Crippen molar-refractivity contribution in [1.82, 2.24) is 14.9 Å². The van der Waals surface area contributed by atoms with E-state index < -0.39 is 6.10 Å². The van der Waals surface area contributed by atoms with E-state index in [-0.39, 0.29) is 11.8 Å². The Kier molecular flexibility index (Phi) is 5.34. The maximum atomic E-state index is 12.8. The van der Waals surface area contributed by atoms with Crippen molar-refractivity contribution in [1.29, 1.82) is 0 Å². The largest absolute Gasteiger partial charge is 0.391 e. The smallest absolute Gasteiger partial charge is 0.254 e. The number of aliphatic hydroxyl groups excluding tert-OH is 1. The fourth-order valence-electron chi connectivity index (χ4n) is 4.07. The molecule has 4 rings (SSSR count). The van der Waals surface area contributed by atoms with Gasteiger partial charge in [-0.2, -0.15) is 0 Å². The number of hydrogen-bond acceptors (Lipinski definition) is 5. The number of amides is 1. The van der Waals surface area contributed by atoms with E-state index in [1.54, 1.807) is 24.7 Å². The first-order chi connectivity index (χ1) is 13.2. The molecule has 1 amide bonds. The van der Waals surface area contributed by atoms with Gasteiger partial charge in [-0.1, -0.05) is 0 Å². The highest BCUT2D eigenvalue weighted by Crippen LogP contribution is 2.26. The number of aliphatic hydroxyl groups is 1. The third kappa shape index (κ3) is 4.11. The van der Waals surface area contributed by atoms with Gasteiger partial charge < -0.3 is 14.9 Å². The average Bonchev–Trinajstić information content (AvgIpc) is 3.09. The summed E-state index contributed by atoms with van der Waals surface area (Å²) in [7, 11) is 0. The normalized spacial score (nSPS) is 22.9. The minimum Gasteiger partial charge on any atom is -0.391 e. The molecule has 2 aromatic rings. The van der Waals surface area contributed by atoms with Crippen LogP contribution in [-0.2, 0) is 6.42 Å². The molecule has 2 fully saturated rings. The van der Waals surface area contributed by atoms with Crippen molar-refractivity contribution in [3.8, 4) is 0 Å². The fourth-order valence-corrected chi connectivity index (χ4v) is 4.07. The lowest BCUT2D eigenvalue weighted by Crippen LogP contribution is -2.35. The number of nitrogens with zero attached hydrogens (tertiary/aromatic N) is 4. The first-order valence-electron chi connectivity index (χ1n) is 9.78. The van der Waals surface area contributed by atoms with Gasteiger partial charge in [0.2, 0.25) is 0 Å². The zero-order valence-corrected chi connectivity index (χ0v) is 15.5. The lowest BCUT2D eigenvalue weighted by atomic mass is 9.97. The Morgan fingerprint density at radius 3 is 2.63 bits per heavy atom. The summed E-state index contributed by atoms with van der Waals surface area (Å²) >= 11 is 0. The highest BCUT2D eigenvalue weighted by atomic mass is 16.3. The number of pyridine rings is 2. The molecule has 2 saturated heterocycles. The van der Waals surface area contributed by atoms with Gasteiger partial charge >= 0.3 is 0 Å². The SMILES string of the molecule is O=C(c1ccnc(N2C[C@@H](Cc3ccncc3)[C@@H](O)C2)c1)N1CCCCC1. The Morgan fingerprint density at radius 2 is 1.85 bits per heavy atom. The van der Waals surface area contributed by atoms with Gasteiger partial charge in [0.05, 0.1) is 6.10 Å². The number of hydrogen-bond donors (Lipinski definition) is 1. The Morgan fingerprint density at radius 1 is 1.07 bits per heavy atom. The second-order valence-electron chi connectivity index (χ2n) is 7.55. The van der Waals surface area contributed by atoms with E-state index in [2.05, 4.69) is 14.9 Å². The van der Waals surface area contributed by atoms with Gasteiger partial charge in [0.25, 0.3) is 5.91 Å². The van der Waals surface area contributed by atoms with Crippen LogP contribution in [0.25, 0.3) is 0 Å². The van der Waals surface area contributed by atoms with Crippen LogP contribution in [0.15, 0.2) is 42.9 Å². The van der Waals surface area contributed by atoms with Crippen molar-refractivity contribution in [2.45, 2.75) is 31.8 Å². The number of carbonyl (C=O) groups is 1. The Hall–Kier alpha value is -2.47. The van der Waals surface area contributed by atoms with Crippen molar-refractivity contribution in [3.05, 3.63) is 54.0 Å². The first kappa shape index (κ1) is 17.9. The van der Waals surface area contributed by atoms with Gasteiger partial charge in [-0.15, -0.1) is 0 Å². The van der Waals surface area contributed by atoms with E-state index in [0.717, 1.165) is 44.7 Å². The molecule has 0 bridgehead atoms. The molecule has 0 saturated carbocycles. The van der Waals surface area contributed by atoms with Crippen molar-refractivity contribution >= 4 is 11.7 Å². The monoisotopic (exact) mass is 366 g/mol. The van der Waals surface area contributed by atoms with E-state index in [9.17, 15) is 9.90 Å². The average molecular weight is 366 g/mol. The maximum absolute atomic E-state index is 12.8. The van der Waals surface area contributed by atoms with Crippen LogP contribution in [0.4, 0.5) is 5.82 Å². The summed E-state index contributed by atoms with van der Waals surface area (Å²) < 4.78 is 0. The van der Waals surface area contributed by atoms with E-state index in [4.69, 9.17) is 0 Å². The number of likely N-dealkylation sites (tertiary alicyclic amines) is 1. The van der Waals surface area contributed by atoms with E-state index in [0.29, 0.717) is 12.1 Å². The van der Waals surface area contributed by atoms with Crippen LogP contribution in [0, 0.1) is 5.92 Å². The number of anilines is 1. The van der Waals surface area contributed by atoms with Gasteiger partial charge in [0.15, 0.2) is 0 Å². The second kappa shape index (κ2) is 8.05. The van der Waals surface area contributed by atoms with Crippen molar-refractivity contribution in [2.75, 3.05) is 31.1 Å². The zero-order chi connectivity index (χ0) is 18.6. The van der Waals surface area contributed by atoms with Crippen LogP contribution in [0.3, 0.4) is 0 Å². The molecule has 0 aromatic carbocycles. The van der Waals surface area contributed by atoms with Crippen LogP contribution in [0.1, 0.15) is 35.2 Å². The van der Waals surface area contributed by atoms with Crippen LogP contribution >= 0.6 is 0 Å². The maximum Gasteiger partial charge on any atom is 0.254 e. The lowest BCUT2D eigenvalue weighted by molar-refractivity contribution is 0.0724. The summed E-state index contributed by atoms with van der Waals surface area (Å²) in [6.45, 7) is 2.96. The fraction of sp³-hybridized carbons (Fsp3) is 0.476. The zero-order valence-electron chi connectivity index (χ0n) is 15.5. The van der Waals surface area contributed by atoms with Crippen LogP contribution in [-0.4, -0.2) is 58.2 Å². The molecule has 142 valence electrons. The number of aromatic nitrogens is 2. The highest BCUT2D eigenvalue weighted by molar-refractivity contribution is 5.94. The van der Waals surface area contributed by atoms with Gasteiger partial charge in [-0.25, -0.2) is 4.98 Å². The topological polar surface area (TPSA) is 69.6 Å². The number of rotatable bonds is 4. The van der Waals surface area contributed by atoms with Gasteiger partial charge in [-0.3, -0.25) is 9.78 Å². The first-order valence-corrected chi connectivity index (χ1v) is 9.78. The van der Waals surface area contributed by atoms with E-state index in [1.807, 2.05) is 23.1 Å². The van der Waals surface area contributed by atoms with Gasteiger partial charge in [0.1, 0.15) is 5.82 Å². The molecule has 2 atom stereocenters. The minimum atomic E-state index is -0.401. The molecule has 2 aliphatic rings. The van der Waals surface area contributed by atoms with Gasteiger partial charge in [-0.05, 0) is 55.5 Å². The molecule has 0 radical (unpaired) electrons. The number of carbonyl (C=O) groups excluding carboxylic acids is 1. The number of β-amino-alcohol motifs (C(OH)–C–C–N with tert-alkyl or cyclic N) is 1. The molecule has 0 unspecified atom stereocenters. The van der Waals surface area contributed by atoms with E-state index >= 15 is 0 Å². The molecule has 2 aliphatic heterocycles. The molecule has 2 aromatic heterocycles. The van der Waals surface area contributed by atoms with Crippen LogP contribution in [0.5, 0.6) is 0 Å². The predicted molar refractivity (Wildman–Crippen MR) is 104 cm³/mol. The summed E-state index contributed by atoms with van der Waals surface area (Å²) in [5.41, 5.74) is 1.87. The lowest BCUT2D eigenvalue weighted by Gasteiger charge is -2.27. The molecule has 6 heteroatoms. The van der Waals surface area contributed by atoms with Gasteiger partial charge in [0, 0.05) is 56.3 Å². The predicted octanol–water partition coefficient (Wildman–Crippen LogP) is 2.14. The summed E-state index contributed by atoms with van der Waals surface area (Å²) in [6.07, 6.45) is 9.05. The van der Waals surface area contributed by atoms with Crippen molar-refractivity contribution < 1.29 is 9.90 Å². The Bertz CT molecular complexity index is 777. The summed E-state index contributed by atoms with van der Waals surface area (Å²) in [5, 5.41) is 10.5. The summed E-state index contributed by atoms with van der Waals surface area (Å²) in [5.74, 6) is 1.01. The third-order valence-electron chi connectivity index (χ3n) is 5.61.